The molecule has 9 aromatic rings. The second kappa shape index (κ2) is 14.6. The number of para-hydroxylation sites is 3. The lowest BCUT2D eigenvalue weighted by Gasteiger charge is -2.42. The second-order valence-electron chi connectivity index (χ2n) is 17.5. The van der Waals surface area contributed by atoms with Crippen molar-refractivity contribution in [2.75, 3.05) is 4.90 Å². The highest BCUT2D eigenvalue weighted by Crippen LogP contribution is 2.53. The summed E-state index contributed by atoms with van der Waals surface area (Å²) < 4.78 is 22.6. The molecular weight excluding hydrogens is 762 g/mol. The standard InChI is InChI=1S/C57H48NO2P/c1-56(2)49-23-11-13-25-51(49)58(52-26-14-12-24-50(52)56)44-34-32-43(33-35-44)57(36-16-5-17-37-57)42-30-28-40(29-31-42)41-38-48-47-22-10-15-27-53(47)60-55(48)54(39-41)61(59,45-18-6-3-7-19-45)46-20-8-4-9-21-46/h3-4,6-15,18-35,38-39H,5,16-17,36-37H2,1-2H3. The molecule has 0 unspecified atom stereocenters. The van der Waals surface area contributed by atoms with Crippen LogP contribution < -0.4 is 20.8 Å². The Morgan fingerprint density at radius 2 is 1.03 bits per heavy atom. The molecular formula is C57H48NO2P. The molecule has 0 amide bonds. The van der Waals surface area contributed by atoms with Crippen molar-refractivity contribution in [1.82, 2.24) is 0 Å². The van der Waals surface area contributed by atoms with Crippen LogP contribution in [0.15, 0.2) is 199 Å². The summed E-state index contributed by atoms with van der Waals surface area (Å²) in [6.07, 6.45) is 5.90. The highest BCUT2D eigenvalue weighted by Gasteiger charge is 2.39. The molecule has 2 heterocycles. The Hall–Kier alpha value is -6.41. The molecule has 0 spiro atoms. The summed E-state index contributed by atoms with van der Waals surface area (Å²) in [4.78, 5) is 2.45. The van der Waals surface area contributed by atoms with Crippen LogP contribution >= 0.6 is 7.14 Å². The zero-order chi connectivity index (χ0) is 41.2. The van der Waals surface area contributed by atoms with E-state index in [-0.39, 0.29) is 10.8 Å². The van der Waals surface area contributed by atoms with Gasteiger partial charge in [0.2, 0.25) is 0 Å². The van der Waals surface area contributed by atoms with Gasteiger partial charge >= 0.3 is 0 Å². The number of furan rings is 1. The monoisotopic (exact) mass is 809 g/mol. The Morgan fingerprint density at radius 3 is 1.64 bits per heavy atom. The van der Waals surface area contributed by atoms with Gasteiger partial charge in [0.15, 0.2) is 7.14 Å². The number of hydrogen-bond acceptors (Lipinski definition) is 3. The Bertz CT molecular complexity index is 3010. The fourth-order valence-corrected chi connectivity index (χ4v) is 13.5. The smallest absolute Gasteiger partial charge is 0.174 e. The van der Waals surface area contributed by atoms with Crippen LogP contribution in [0.25, 0.3) is 33.1 Å². The minimum absolute atomic E-state index is 0.0821. The predicted molar refractivity (Wildman–Crippen MR) is 256 cm³/mol. The quantitative estimate of drug-likeness (QED) is 0.150. The van der Waals surface area contributed by atoms with Crippen LogP contribution in [0.3, 0.4) is 0 Å². The normalized spacial score (nSPS) is 15.7. The molecule has 0 bridgehead atoms. The summed E-state index contributed by atoms with van der Waals surface area (Å²) >= 11 is 0. The van der Waals surface area contributed by atoms with Gasteiger partial charge in [0, 0.05) is 37.9 Å². The third-order valence-corrected chi connectivity index (χ3v) is 16.9. The molecule has 1 saturated carbocycles. The van der Waals surface area contributed by atoms with Crippen LogP contribution in [0, 0.1) is 0 Å². The number of fused-ring (bicyclic) bond motifs is 5. The Balaban J connectivity index is 1.01. The average molecular weight is 810 g/mol. The van der Waals surface area contributed by atoms with Crippen LogP contribution in [-0.4, -0.2) is 0 Å². The van der Waals surface area contributed by atoms with Gasteiger partial charge in [0.1, 0.15) is 11.2 Å². The van der Waals surface area contributed by atoms with Crippen molar-refractivity contribution in [3.05, 3.63) is 216 Å². The molecule has 61 heavy (non-hydrogen) atoms. The van der Waals surface area contributed by atoms with E-state index in [0.717, 1.165) is 56.2 Å². The topological polar surface area (TPSA) is 33.5 Å². The maximum Gasteiger partial charge on any atom is 0.174 e. The third kappa shape index (κ3) is 5.97. The lowest BCUT2D eigenvalue weighted by Crippen LogP contribution is -2.31. The molecule has 1 aliphatic heterocycles. The van der Waals surface area contributed by atoms with Crippen molar-refractivity contribution in [2.24, 2.45) is 0 Å². The SMILES string of the molecule is CC1(C)c2ccccc2N(c2ccc(C3(c4ccc(-c5cc(P(=O)(c6ccccc6)c6ccccc6)c6oc7ccccc7c6c5)cc4)CCCCC3)cc2)c2ccccc21. The van der Waals surface area contributed by atoms with Gasteiger partial charge in [-0.05, 0) is 88.7 Å². The highest BCUT2D eigenvalue weighted by atomic mass is 31.2. The van der Waals surface area contributed by atoms with Crippen molar-refractivity contribution < 1.29 is 8.98 Å². The molecule has 1 aliphatic carbocycles. The minimum Gasteiger partial charge on any atom is -0.455 e. The third-order valence-electron chi connectivity index (χ3n) is 13.8. The molecule has 3 nitrogen and oxygen atoms in total. The summed E-state index contributed by atoms with van der Waals surface area (Å²) in [5.74, 6) is 0. The molecule has 8 aromatic carbocycles. The Kier molecular flexibility index (Phi) is 9.02. The summed E-state index contributed by atoms with van der Waals surface area (Å²) in [5.41, 5.74) is 12.5. The van der Waals surface area contributed by atoms with Gasteiger partial charge in [0.05, 0.1) is 16.7 Å². The first-order chi connectivity index (χ1) is 29.9. The van der Waals surface area contributed by atoms with Gasteiger partial charge in [-0.3, -0.25) is 0 Å². The Morgan fingerprint density at radius 1 is 0.508 bits per heavy atom. The summed E-state index contributed by atoms with van der Waals surface area (Å²) in [6, 6.07) is 68.9. The fourth-order valence-electron chi connectivity index (χ4n) is 10.7. The molecule has 1 fully saturated rings. The fraction of sp³-hybridized carbons (Fsp3) is 0.158. The van der Waals surface area contributed by atoms with E-state index < -0.39 is 7.14 Å². The van der Waals surface area contributed by atoms with E-state index in [9.17, 15) is 0 Å². The van der Waals surface area contributed by atoms with E-state index in [4.69, 9.17) is 4.42 Å². The number of hydrogen-bond donors (Lipinski definition) is 0. The lowest BCUT2D eigenvalue weighted by atomic mass is 9.65. The van der Waals surface area contributed by atoms with Crippen LogP contribution in [0.5, 0.6) is 0 Å². The summed E-state index contributed by atoms with van der Waals surface area (Å²) in [7, 11) is -3.36. The van der Waals surface area contributed by atoms with Crippen LogP contribution in [0.2, 0.25) is 0 Å². The average Bonchev–Trinajstić information content (AvgIpc) is 3.71. The molecule has 2 aliphatic rings. The highest BCUT2D eigenvalue weighted by molar-refractivity contribution is 7.85. The molecule has 0 atom stereocenters. The van der Waals surface area contributed by atoms with E-state index >= 15 is 4.57 Å². The maximum absolute atomic E-state index is 16.0. The zero-order valence-electron chi connectivity index (χ0n) is 34.7. The van der Waals surface area contributed by atoms with Crippen molar-refractivity contribution in [2.45, 2.75) is 56.8 Å². The van der Waals surface area contributed by atoms with Crippen molar-refractivity contribution in [3.63, 3.8) is 0 Å². The molecule has 0 saturated heterocycles. The van der Waals surface area contributed by atoms with Crippen molar-refractivity contribution in [3.8, 4) is 11.1 Å². The van der Waals surface area contributed by atoms with Crippen molar-refractivity contribution >= 4 is 62.1 Å². The molecule has 11 rings (SSSR count). The number of nitrogens with zero attached hydrogens (tertiary/aromatic N) is 1. The van der Waals surface area contributed by atoms with Gasteiger partial charge in [-0.2, -0.15) is 0 Å². The van der Waals surface area contributed by atoms with E-state index in [2.05, 4.69) is 134 Å². The zero-order valence-corrected chi connectivity index (χ0v) is 35.6. The maximum atomic E-state index is 16.0. The Labute approximate surface area is 358 Å². The van der Waals surface area contributed by atoms with E-state index in [1.54, 1.807) is 0 Å². The van der Waals surface area contributed by atoms with E-state index in [1.165, 1.54) is 58.6 Å². The first-order valence-electron chi connectivity index (χ1n) is 21.7. The van der Waals surface area contributed by atoms with Crippen molar-refractivity contribution in [1.29, 1.82) is 0 Å². The van der Waals surface area contributed by atoms with Gasteiger partial charge in [0.25, 0.3) is 0 Å². The first kappa shape index (κ1) is 37.6. The number of anilines is 3. The lowest BCUT2D eigenvalue weighted by molar-refractivity contribution is 0.346. The van der Waals surface area contributed by atoms with Crippen LogP contribution in [0.1, 0.15) is 68.2 Å². The molecule has 1 aromatic heterocycles. The van der Waals surface area contributed by atoms with E-state index in [1.807, 2.05) is 78.9 Å². The van der Waals surface area contributed by atoms with Gasteiger partial charge < -0.3 is 13.9 Å². The number of benzene rings is 8. The van der Waals surface area contributed by atoms with Gasteiger partial charge in [-0.25, -0.2) is 0 Å². The molecule has 4 heteroatoms. The molecule has 0 radical (unpaired) electrons. The predicted octanol–water partition coefficient (Wildman–Crippen LogP) is 14.3. The first-order valence-corrected chi connectivity index (χ1v) is 23.4. The molecule has 0 N–H and O–H groups in total. The number of rotatable bonds is 7. The second-order valence-corrected chi connectivity index (χ2v) is 20.2. The summed E-state index contributed by atoms with van der Waals surface area (Å²) in [5, 5.41) is 4.31. The minimum atomic E-state index is -3.36. The van der Waals surface area contributed by atoms with Crippen LogP contribution in [0.4, 0.5) is 17.1 Å². The van der Waals surface area contributed by atoms with Gasteiger partial charge in [-0.1, -0.05) is 185 Å². The largest absolute Gasteiger partial charge is 0.455 e. The van der Waals surface area contributed by atoms with E-state index in [0.29, 0.717) is 5.58 Å². The van der Waals surface area contributed by atoms with Crippen LogP contribution in [-0.2, 0) is 15.4 Å². The summed E-state index contributed by atoms with van der Waals surface area (Å²) in [6.45, 7) is 4.68. The molecule has 298 valence electrons. The van der Waals surface area contributed by atoms with Gasteiger partial charge in [-0.15, -0.1) is 0 Å².